The Kier molecular flexibility index (Phi) is 3.94. The molecule has 1 N–H and O–H groups in total. The summed E-state index contributed by atoms with van der Waals surface area (Å²) in [4.78, 5) is 12.1. The monoisotopic (exact) mass is 277 g/mol. The average Bonchev–Trinajstić information content (AvgIpc) is 2.71. The second kappa shape index (κ2) is 4.97. The van der Waals surface area contributed by atoms with Crippen LogP contribution in [0.15, 0.2) is 0 Å². The molecular weight excluding hydrogens is 257 g/mol. The molecule has 1 atom stereocenters. The van der Waals surface area contributed by atoms with Crippen molar-refractivity contribution in [3.05, 3.63) is 0 Å². The molecule has 2 saturated carbocycles. The zero-order chi connectivity index (χ0) is 12.5. The third-order valence-electron chi connectivity index (χ3n) is 4.20. The predicted molar refractivity (Wildman–Crippen MR) is 71.4 cm³/mol. The molecule has 0 aromatic heterocycles. The van der Waals surface area contributed by atoms with Crippen LogP contribution in [0.4, 0.5) is 0 Å². The zero-order valence-corrected chi connectivity index (χ0v) is 11.9. The van der Waals surface area contributed by atoms with E-state index in [0.717, 1.165) is 12.8 Å². The number of alkyl halides is 2. The van der Waals surface area contributed by atoms with E-state index < -0.39 is 9.75 Å². The van der Waals surface area contributed by atoms with Gasteiger partial charge in [-0.05, 0) is 26.2 Å². The number of halogens is 2. The maximum atomic E-state index is 12.1. The molecule has 98 valence electrons. The lowest BCUT2D eigenvalue weighted by atomic mass is 9.96. The molecule has 2 aliphatic carbocycles. The standard InChI is InChI=1S/C13H21Cl2NO/c1-12(9-13(12,14)15)11(17)16-10-7-5-3-2-4-6-8-10/h10H,2-9H2,1H3,(H,16,17)/t12-/m0/s1. The van der Waals surface area contributed by atoms with Crippen molar-refractivity contribution in [1.29, 1.82) is 0 Å². The summed E-state index contributed by atoms with van der Waals surface area (Å²) in [5.74, 6) is 0.0353. The smallest absolute Gasteiger partial charge is 0.229 e. The molecule has 1 amide bonds. The number of carbonyl (C=O) groups excluding carboxylic acids is 1. The summed E-state index contributed by atoms with van der Waals surface area (Å²) in [5.41, 5.74) is -0.571. The normalized spacial score (nSPS) is 33.6. The van der Waals surface area contributed by atoms with Gasteiger partial charge in [-0.1, -0.05) is 32.1 Å². The van der Waals surface area contributed by atoms with Crippen LogP contribution in [0.3, 0.4) is 0 Å². The van der Waals surface area contributed by atoms with Gasteiger partial charge in [0.25, 0.3) is 0 Å². The topological polar surface area (TPSA) is 29.1 Å². The van der Waals surface area contributed by atoms with Crippen LogP contribution in [0, 0.1) is 5.41 Å². The molecule has 0 aliphatic heterocycles. The van der Waals surface area contributed by atoms with Crippen LogP contribution in [-0.4, -0.2) is 16.3 Å². The van der Waals surface area contributed by atoms with E-state index in [0.29, 0.717) is 12.5 Å². The van der Waals surface area contributed by atoms with Crippen LogP contribution in [0.5, 0.6) is 0 Å². The Balaban J connectivity index is 1.85. The molecule has 0 spiro atoms. The van der Waals surface area contributed by atoms with E-state index in [1.54, 1.807) is 0 Å². The van der Waals surface area contributed by atoms with Gasteiger partial charge in [-0.3, -0.25) is 4.79 Å². The van der Waals surface area contributed by atoms with Crippen LogP contribution in [0.25, 0.3) is 0 Å². The minimum Gasteiger partial charge on any atom is -0.353 e. The van der Waals surface area contributed by atoms with Crippen molar-refractivity contribution in [2.45, 2.75) is 68.7 Å². The fourth-order valence-corrected chi connectivity index (χ4v) is 3.30. The highest BCUT2D eigenvalue weighted by atomic mass is 35.5. The van der Waals surface area contributed by atoms with Crippen molar-refractivity contribution >= 4 is 29.1 Å². The maximum absolute atomic E-state index is 12.1. The lowest BCUT2D eigenvalue weighted by Gasteiger charge is -2.23. The maximum Gasteiger partial charge on any atom is 0.229 e. The molecular formula is C13H21Cl2NO. The van der Waals surface area contributed by atoms with Gasteiger partial charge >= 0.3 is 0 Å². The second-order valence-corrected chi connectivity index (χ2v) is 7.21. The summed E-state index contributed by atoms with van der Waals surface area (Å²) < 4.78 is -0.849. The number of rotatable bonds is 2. The van der Waals surface area contributed by atoms with E-state index in [2.05, 4.69) is 5.32 Å². The Hall–Kier alpha value is 0.0500. The third-order valence-corrected chi connectivity index (χ3v) is 5.30. The lowest BCUT2D eigenvalue weighted by Crippen LogP contribution is -2.40. The molecule has 2 fully saturated rings. The molecule has 4 heteroatoms. The highest BCUT2D eigenvalue weighted by molar-refractivity contribution is 6.53. The minimum atomic E-state index is -0.849. The van der Waals surface area contributed by atoms with Gasteiger partial charge in [-0.2, -0.15) is 0 Å². The van der Waals surface area contributed by atoms with E-state index >= 15 is 0 Å². The molecule has 0 aromatic rings. The fourth-order valence-electron chi connectivity index (χ4n) is 2.59. The Bertz CT molecular complexity index is 298. The van der Waals surface area contributed by atoms with Crippen LogP contribution in [0.2, 0.25) is 0 Å². The first-order chi connectivity index (χ1) is 7.96. The SMILES string of the molecule is C[C@@]1(C(=O)NC2CCCCCCC2)CC1(Cl)Cl. The molecule has 0 aromatic carbocycles. The van der Waals surface area contributed by atoms with E-state index in [-0.39, 0.29) is 5.91 Å². The van der Waals surface area contributed by atoms with Gasteiger partial charge in [0, 0.05) is 6.04 Å². The third kappa shape index (κ3) is 2.90. The fraction of sp³-hybridized carbons (Fsp3) is 0.923. The van der Waals surface area contributed by atoms with Crippen molar-refractivity contribution in [2.75, 3.05) is 0 Å². The molecule has 0 saturated heterocycles. The van der Waals surface area contributed by atoms with Gasteiger partial charge in [0.2, 0.25) is 5.91 Å². The van der Waals surface area contributed by atoms with E-state index in [9.17, 15) is 4.79 Å². The highest BCUT2D eigenvalue weighted by Crippen LogP contribution is 2.63. The van der Waals surface area contributed by atoms with E-state index in [1.807, 2.05) is 6.92 Å². The highest BCUT2D eigenvalue weighted by Gasteiger charge is 2.67. The van der Waals surface area contributed by atoms with Crippen molar-refractivity contribution in [3.8, 4) is 0 Å². The summed E-state index contributed by atoms with van der Waals surface area (Å²) in [7, 11) is 0. The number of hydrogen-bond acceptors (Lipinski definition) is 1. The quantitative estimate of drug-likeness (QED) is 0.765. The van der Waals surface area contributed by atoms with Gasteiger partial charge in [-0.15, -0.1) is 23.2 Å². The number of amides is 1. The molecule has 17 heavy (non-hydrogen) atoms. The number of nitrogens with one attached hydrogen (secondary N) is 1. The molecule has 0 unspecified atom stereocenters. The zero-order valence-electron chi connectivity index (χ0n) is 10.4. The minimum absolute atomic E-state index is 0.0353. The predicted octanol–water partition coefficient (Wildman–Crippen LogP) is 3.80. The van der Waals surface area contributed by atoms with E-state index in [4.69, 9.17) is 23.2 Å². The van der Waals surface area contributed by atoms with Gasteiger partial charge in [0.05, 0.1) is 5.41 Å². The Labute approximate surface area is 113 Å². The summed E-state index contributed by atoms with van der Waals surface area (Å²) in [6.45, 7) is 1.85. The van der Waals surface area contributed by atoms with Crippen molar-refractivity contribution < 1.29 is 4.79 Å². The van der Waals surface area contributed by atoms with Crippen molar-refractivity contribution in [3.63, 3.8) is 0 Å². The van der Waals surface area contributed by atoms with Gasteiger partial charge in [-0.25, -0.2) is 0 Å². The van der Waals surface area contributed by atoms with Crippen molar-refractivity contribution in [2.24, 2.45) is 5.41 Å². The molecule has 2 rings (SSSR count). The van der Waals surface area contributed by atoms with Crippen LogP contribution in [-0.2, 0) is 4.79 Å². The lowest BCUT2D eigenvalue weighted by molar-refractivity contribution is -0.126. The van der Waals surface area contributed by atoms with Gasteiger partial charge < -0.3 is 5.32 Å². The first-order valence-electron chi connectivity index (χ1n) is 6.64. The Morgan fingerprint density at radius 1 is 1.12 bits per heavy atom. The summed E-state index contributed by atoms with van der Waals surface area (Å²) >= 11 is 12.0. The number of hydrogen-bond donors (Lipinski definition) is 1. The van der Waals surface area contributed by atoms with Gasteiger partial charge in [0.1, 0.15) is 4.33 Å². The number of carbonyl (C=O) groups is 1. The first-order valence-corrected chi connectivity index (χ1v) is 7.40. The molecule has 2 nitrogen and oxygen atoms in total. The molecule has 0 radical (unpaired) electrons. The van der Waals surface area contributed by atoms with Crippen molar-refractivity contribution in [1.82, 2.24) is 5.32 Å². The summed E-state index contributed by atoms with van der Waals surface area (Å²) in [6, 6.07) is 0.323. The average molecular weight is 278 g/mol. The Morgan fingerprint density at radius 2 is 1.59 bits per heavy atom. The molecule has 0 heterocycles. The summed E-state index contributed by atoms with van der Waals surface area (Å²) in [5, 5.41) is 3.14. The molecule has 2 aliphatic rings. The largest absolute Gasteiger partial charge is 0.353 e. The van der Waals surface area contributed by atoms with Crippen LogP contribution < -0.4 is 5.32 Å². The summed E-state index contributed by atoms with van der Waals surface area (Å²) in [6.07, 6.45) is 9.12. The first kappa shape index (κ1) is 13.5. The Morgan fingerprint density at radius 3 is 2.06 bits per heavy atom. The van der Waals surface area contributed by atoms with Crippen LogP contribution >= 0.6 is 23.2 Å². The second-order valence-electron chi connectivity index (χ2n) is 5.73. The van der Waals surface area contributed by atoms with E-state index in [1.165, 1.54) is 32.1 Å². The molecule has 0 bridgehead atoms. The van der Waals surface area contributed by atoms with Gasteiger partial charge in [0.15, 0.2) is 0 Å². The van der Waals surface area contributed by atoms with Crippen LogP contribution in [0.1, 0.15) is 58.3 Å².